The molecule has 0 saturated heterocycles. The number of fused-ring (bicyclic) bond motifs is 2. The van der Waals surface area contributed by atoms with Gasteiger partial charge in [-0.15, -0.1) is 0 Å². The summed E-state index contributed by atoms with van der Waals surface area (Å²) in [6.07, 6.45) is 0. The van der Waals surface area contributed by atoms with Gasteiger partial charge in [-0.25, -0.2) is 4.98 Å². The summed E-state index contributed by atoms with van der Waals surface area (Å²) in [5, 5.41) is 5.48. The van der Waals surface area contributed by atoms with E-state index < -0.39 is 0 Å². The van der Waals surface area contributed by atoms with Crippen molar-refractivity contribution < 1.29 is 9.21 Å². The minimum Gasteiger partial charge on any atom is -0.436 e. The number of aromatic nitrogens is 1. The van der Waals surface area contributed by atoms with Crippen LogP contribution in [0.3, 0.4) is 0 Å². The number of nitrogens with zero attached hydrogens (tertiary/aromatic N) is 1. The molecule has 4 nitrogen and oxygen atoms in total. The number of hydrogen-bond acceptors (Lipinski definition) is 3. The Bertz CT molecular complexity index is 1420. The van der Waals surface area contributed by atoms with E-state index in [0.29, 0.717) is 33.3 Å². The molecule has 0 spiro atoms. The van der Waals surface area contributed by atoms with Gasteiger partial charge in [0.25, 0.3) is 5.91 Å². The van der Waals surface area contributed by atoms with Crippen molar-refractivity contribution in [1.82, 2.24) is 4.98 Å². The van der Waals surface area contributed by atoms with E-state index in [2.05, 4.69) is 32.9 Å². The topological polar surface area (TPSA) is 55.1 Å². The standard InChI is InChI=1S/C24H14ClIN2O2/c25-20-10-8-15(26)12-19(20)24-28-21-13-16(9-11-22(21)30-24)27-23(29)18-7-3-5-14-4-1-2-6-17(14)18/h1-13H,(H,27,29). The highest BCUT2D eigenvalue weighted by molar-refractivity contribution is 14.1. The Morgan fingerprint density at radius 1 is 0.967 bits per heavy atom. The first-order valence-electron chi connectivity index (χ1n) is 9.23. The van der Waals surface area contributed by atoms with Crippen LogP contribution in [0.4, 0.5) is 5.69 Å². The van der Waals surface area contributed by atoms with Crippen LogP contribution in [0, 0.1) is 3.57 Å². The second kappa shape index (κ2) is 7.74. The van der Waals surface area contributed by atoms with Gasteiger partial charge < -0.3 is 9.73 Å². The first kappa shape index (κ1) is 19.1. The van der Waals surface area contributed by atoms with Gasteiger partial charge in [-0.3, -0.25) is 4.79 Å². The van der Waals surface area contributed by atoms with Crippen LogP contribution in [0.1, 0.15) is 10.4 Å². The second-order valence-electron chi connectivity index (χ2n) is 6.81. The SMILES string of the molecule is O=C(Nc1ccc2oc(-c3cc(I)ccc3Cl)nc2c1)c1cccc2ccccc12. The van der Waals surface area contributed by atoms with Crippen LogP contribution in [-0.4, -0.2) is 10.9 Å². The molecule has 30 heavy (non-hydrogen) atoms. The maximum absolute atomic E-state index is 12.9. The summed E-state index contributed by atoms with van der Waals surface area (Å²) in [6, 6.07) is 24.6. The number of halogens is 2. The molecule has 6 heteroatoms. The van der Waals surface area contributed by atoms with Crippen LogP contribution in [0.15, 0.2) is 83.3 Å². The Morgan fingerprint density at radius 2 is 1.80 bits per heavy atom. The van der Waals surface area contributed by atoms with Crippen molar-refractivity contribution in [3.8, 4) is 11.5 Å². The lowest BCUT2D eigenvalue weighted by atomic mass is 10.0. The molecule has 1 heterocycles. The Labute approximate surface area is 191 Å². The summed E-state index contributed by atoms with van der Waals surface area (Å²) in [4.78, 5) is 17.5. The molecule has 1 amide bonds. The zero-order chi connectivity index (χ0) is 20.7. The average molecular weight is 525 g/mol. The Hall–Kier alpha value is -2.90. The summed E-state index contributed by atoms with van der Waals surface area (Å²) in [5.41, 5.74) is 3.29. The zero-order valence-electron chi connectivity index (χ0n) is 15.5. The smallest absolute Gasteiger partial charge is 0.256 e. The average Bonchev–Trinajstić information content (AvgIpc) is 3.18. The third-order valence-corrected chi connectivity index (χ3v) is 5.84. The third kappa shape index (κ3) is 3.55. The van der Waals surface area contributed by atoms with E-state index in [9.17, 15) is 4.79 Å². The number of amides is 1. The van der Waals surface area contributed by atoms with E-state index >= 15 is 0 Å². The van der Waals surface area contributed by atoms with Crippen molar-refractivity contribution in [1.29, 1.82) is 0 Å². The fraction of sp³-hybridized carbons (Fsp3) is 0. The van der Waals surface area contributed by atoms with Gasteiger partial charge in [0.05, 0.1) is 10.6 Å². The van der Waals surface area contributed by atoms with E-state index in [0.717, 1.165) is 19.9 Å². The first-order chi connectivity index (χ1) is 14.6. The molecule has 0 aliphatic heterocycles. The Balaban J connectivity index is 1.48. The van der Waals surface area contributed by atoms with Crippen molar-refractivity contribution >= 4 is 67.7 Å². The number of benzene rings is 4. The van der Waals surface area contributed by atoms with E-state index in [1.165, 1.54) is 0 Å². The Morgan fingerprint density at radius 3 is 2.70 bits per heavy atom. The monoisotopic (exact) mass is 524 g/mol. The number of oxazole rings is 1. The molecule has 4 aromatic carbocycles. The lowest BCUT2D eigenvalue weighted by Gasteiger charge is -2.08. The highest BCUT2D eigenvalue weighted by Crippen LogP contribution is 2.32. The van der Waals surface area contributed by atoms with Crippen LogP contribution in [-0.2, 0) is 0 Å². The molecule has 0 aliphatic carbocycles. The minimum absolute atomic E-state index is 0.171. The molecule has 0 aliphatic rings. The quantitative estimate of drug-likeness (QED) is 0.255. The number of carbonyl (C=O) groups is 1. The molecule has 0 bridgehead atoms. The summed E-state index contributed by atoms with van der Waals surface area (Å²) in [7, 11) is 0. The molecule has 0 atom stereocenters. The second-order valence-corrected chi connectivity index (χ2v) is 8.46. The molecule has 5 rings (SSSR count). The summed E-state index contributed by atoms with van der Waals surface area (Å²) in [6.45, 7) is 0. The van der Waals surface area contributed by atoms with Crippen molar-refractivity contribution in [2.45, 2.75) is 0 Å². The van der Waals surface area contributed by atoms with Crippen molar-refractivity contribution in [3.63, 3.8) is 0 Å². The lowest BCUT2D eigenvalue weighted by Crippen LogP contribution is -2.12. The molecule has 0 fully saturated rings. The number of rotatable bonds is 3. The van der Waals surface area contributed by atoms with Crippen molar-refractivity contribution in [3.05, 3.63) is 93.0 Å². The molecule has 146 valence electrons. The Kier molecular flexibility index (Phi) is 4.92. The highest BCUT2D eigenvalue weighted by atomic mass is 127. The highest BCUT2D eigenvalue weighted by Gasteiger charge is 2.14. The maximum atomic E-state index is 12.9. The number of nitrogens with one attached hydrogen (secondary N) is 1. The van der Waals surface area contributed by atoms with Gasteiger partial charge in [-0.05, 0) is 75.8 Å². The summed E-state index contributed by atoms with van der Waals surface area (Å²) in [5.74, 6) is 0.279. The normalized spacial score (nSPS) is 11.1. The van der Waals surface area contributed by atoms with Crippen LogP contribution in [0.25, 0.3) is 33.3 Å². The van der Waals surface area contributed by atoms with Crippen LogP contribution in [0.2, 0.25) is 5.02 Å². The van der Waals surface area contributed by atoms with Crippen LogP contribution >= 0.6 is 34.2 Å². The summed E-state index contributed by atoms with van der Waals surface area (Å²) >= 11 is 8.54. The van der Waals surface area contributed by atoms with Crippen molar-refractivity contribution in [2.75, 3.05) is 5.32 Å². The fourth-order valence-electron chi connectivity index (χ4n) is 3.40. The van der Waals surface area contributed by atoms with E-state index in [1.807, 2.05) is 60.7 Å². The largest absolute Gasteiger partial charge is 0.436 e. The zero-order valence-corrected chi connectivity index (χ0v) is 18.4. The molecule has 1 N–H and O–H groups in total. The van der Waals surface area contributed by atoms with Gasteiger partial charge in [0, 0.05) is 14.8 Å². The van der Waals surface area contributed by atoms with Gasteiger partial charge in [0.1, 0.15) is 5.52 Å². The van der Waals surface area contributed by atoms with Gasteiger partial charge >= 0.3 is 0 Å². The molecule has 0 radical (unpaired) electrons. The molecule has 0 saturated carbocycles. The molecule has 1 aromatic heterocycles. The molecular weight excluding hydrogens is 511 g/mol. The van der Waals surface area contributed by atoms with Gasteiger partial charge in [0.15, 0.2) is 5.58 Å². The van der Waals surface area contributed by atoms with Gasteiger partial charge in [-0.2, -0.15) is 0 Å². The number of hydrogen-bond donors (Lipinski definition) is 1. The predicted octanol–water partition coefficient (Wildman–Crippen LogP) is 7.16. The summed E-state index contributed by atoms with van der Waals surface area (Å²) < 4.78 is 6.92. The molecule has 5 aromatic rings. The van der Waals surface area contributed by atoms with E-state index in [4.69, 9.17) is 16.0 Å². The molecular formula is C24H14ClIN2O2. The predicted molar refractivity (Wildman–Crippen MR) is 129 cm³/mol. The number of carbonyl (C=O) groups excluding carboxylic acids is 1. The third-order valence-electron chi connectivity index (χ3n) is 4.84. The van der Waals surface area contributed by atoms with Crippen molar-refractivity contribution in [2.24, 2.45) is 0 Å². The minimum atomic E-state index is -0.171. The fourth-order valence-corrected chi connectivity index (χ4v) is 4.09. The van der Waals surface area contributed by atoms with E-state index in [-0.39, 0.29) is 5.91 Å². The van der Waals surface area contributed by atoms with Crippen LogP contribution in [0.5, 0.6) is 0 Å². The van der Waals surface area contributed by atoms with Crippen LogP contribution < -0.4 is 5.32 Å². The van der Waals surface area contributed by atoms with Gasteiger partial charge in [0.2, 0.25) is 5.89 Å². The van der Waals surface area contributed by atoms with E-state index in [1.54, 1.807) is 18.2 Å². The first-order valence-corrected chi connectivity index (χ1v) is 10.7. The van der Waals surface area contributed by atoms with Gasteiger partial charge in [-0.1, -0.05) is 48.0 Å². The lowest BCUT2D eigenvalue weighted by molar-refractivity contribution is 0.102. The number of anilines is 1. The maximum Gasteiger partial charge on any atom is 0.256 e. The molecule has 0 unspecified atom stereocenters.